The number of aryl methyl sites for hydroxylation is 1. The summed E-state index contributed by atoms with van der Waals surface area (Å²) in [7, 11) is 0. The number of pyridine rings is 1. The fourth-order valence-corrected chi connectivity index (χ4v) is 4.06. The molecule has 1 amide bonds. The number of hydrogen-bond acceptors (Lipinski definition) is 4. The molecule has 1 N–H and O–H groups in total. The molecule has 8 heteroatoms. The van der Waals surface area contributed by atoms with Crippen molar-refractivity contribution < 1.29 is 9.53 Å². The molecule has 0 radical (unpaired) electrons. The predicted octanol–water partition coefficient (Wildman–Crippen LogP) is 2.76. The molecule has 4 heterocycles. The SMILES string of the molecule is Cc1c2n(c3ncc(Cl)c(Cl)c13)CCN(C(=O)CCOCC1CCN1)C2. The molecule has 140 valence electrons. The number of nitrogens with one attached hydrogen (secondary N) is 1. The van der Waals surface area contributed by atoms with E-state index in [-0.39, 0.29) is 5.91 Å². The molecule has 26 heavy (non-hydrogen) atoms. The smallest absolute Gasteiger partial charge is 0.225 e. The second-order valence-electron chi connectivity index (χ2n) is 6.92. The Hall–Kier alpha value is -1.34. The van der Waals surface area contributed by atoms with E-state index in [1.807, 2.05) is 11.8 Å². The summed E-state index contributed by atoms with van der Waals surface area (Å²) in [5.41, 5.74) is 2.97. The minimum Gasteiger partial charge on any atom is -0.379 e. The van der Waals surface area contributed by atoms with Crippen LogP contribution >= 0.6 is 23.2 Å². The van der Waals surface area contributed by atoms with Gasteiger partial charge >= 0.3 is 0 Å². The van der Waals surface area contributed by atoms with Gasteiger partial charge in [0.2, 0.25) is 5.91 Å². The molecule has 2 aromatic rings. The second-order valence-corrected chi connectivity index (χ2v) is 7.71. The van der Waals surface area contributed by atoms with Crippen molar-refractivity contribution >= 4 is 40.1 Å². The topological polar surface area (TPSA) is 59.4 Å². The maximum absolute atomic E-state index is 12.5. The molecule has 0 saturated carbocycles. The van der Waals surface area contributed by atoms with Crippen LogP contribution in [0.25, 0.3) is 11.0 Å². The normalized spacial score (nSPS) is 19.5. The van der Waals surface area contributed by atoms with Crippen LogP contribution in [0.1, 0.15) is 24.1 Å². The van der Waals surface area contributed by atoms with Crippen molar-refractivity contribution in [2.75, 3.05) is 26.3 Å². The Kier molecular flexibility index (Phi) is 5.10. The van der Waals surface area contributed by atoms with E-state index >= 15 is 0 Å². The van der Waals surface area contributed by atoms with Gasteiger partial charge in [0.15, 0.2) is 0 Å². The largest absolute Gasteiger partial charge is 0.379 e. The molecule has 4 rings (SSSR count). The number of fused-ring (bicyclic) bond motifs is 3. The number of rotatable bonds is 5. The van der Waals surface area contributed by atoms with E-state index < -0.39 is 0 Å². The summed E-state index contributed by atoms with van der Waals surface area (Å²) >= 11 is 12.5. The highest BCUT2D eigenvalue weighted by Gasteiger charge is 2.26. The van der Waals surface area contributed by atoms with Crippen molar-refractivity contribution in [2.24, 2.45) is 0 Å². The zero-order valence-electron chi connectivity index (χ0n) is 14.7. The molecule has 0 bridgehead atoms. The van der Waals surface area contributed by atoms with E-state index in [0.29, 0.717) is 55.4 Å². The number of nitrogens with zero attached hydrogens (tertiary/aromatic N) is 3. The van der Waals surface area contributed by atoms with Crippen LogP contribution in [0.2, 0.25) is 10.0 Å². The molecule has 1 atom stereocenters. The van der Waals surface area contributed by atoms with E-state index in [4.69, 9.17) is 27.9 Å². The molecule has 0 spiro atoms. The first-order valence-corrected chi connectivity index (χ1v) is 9.72. The van der Waals surface area contributed by atoms with E-state index in [0.717, 1.165) is 35.3 Å². The van der Waals surface area contributed by atoms with E-state index in [1.165, 1.54) is 0 Å². The average Bonchev–Trinajstić information content (AvgIpc) is 2.89. The summed E-state index contributed by atoms with van der Waals surface area (Å²) in [6.45, 7) is 6.19. The summed E-state index contributed by atoms with van der Waals surface area (Å²) < 4.78 is 7.76. The fourth-order valence-electron chi connectivity index (χ4n) is 3.64. The number of amides is 1. The molecule has 6 nitrogen and oxygen atoms in total. The molecule has 0 aromatic carbocycles. The van der Waals surface area contributed by atoms with Crippen LogP contribution in [0.4, 0.5) is 0 Å². The molecule has 2 aliphatic rings. The zero-order valence-corrected chi connectivity index (χ0v) is 16.2. The number of carbonyl (C=O) groups excluding carboxylic acids is 1. The van der Waals surface area contributed by atoms with Crippen LogP contribution in [0.15, 0.2) is 6.20 Å². The molecule has 1 unspecified atom stereocenters. The van der Waals surface area contributed by atoms with Crippen molar-refractivity contribution in [1.29, 1.82) is 0 Å². The summed E-state index contributed by atoms with van der Waals surface area (Å²) in [6, 6.07) is 0.461. The highest BCUT2D eigenvalue weighted by atomic mass is 35.5. The van der Waals surface area contributed by atoms with Gasteiger partial charge in [0.25, 0.3) is 0 Å². The van der Waals surface area contributed by atoms with Gasteiger partial charge in [0.05, 0.1) is 36.2 Å². The standard InChI is InChI=1S/C18H22Cl2N4O2/c1-11-14-9-23(15(25)3-7-26-10-12-2-4-21-12)5-6-24(14)18-16(11)17(20)13(19)8-22-18/h8,12,21H,2-7,9-10H2,1H3. The van der Waals surface area contributed by atoms with Gasteiger partial charge < -0.3 is 19.5 Å². The lowest BCUT2D eigenvalue weighted by molar-refractivity contribution is -0.133. The van der Waals surface area contributed by atoms with Crippen molar-refractivity contribution in [1.82, 2.24) is 19.8 Å². The third-order valence-electron chi connectivity index (χ3n) is 5.33. The first-order chi connectivity index (χ1) is 12.6. The predicted molar refractivity (Wildman–Crippen MR) is 102 cm³/mol. The van der Waals surface area contributed by atoms with Crippen molar-refractivity contribution in [3.8, 4) is 0 Å². The number of aromatic nitrogens is 2. The maximum atomic E-state index is 12.5. The van der Waals surface area contributed by atoms with E-state index in [1.54, 1.807) is 6.20 Å². The zero-order chi connectivity index (χ0) is 18.3. The quantitative estimate of drug-likeness (QED) is 0.789. The minimum atomic E-state index is 0.125. The third kappa shape index (κ3) is 3.20. The van der Waals surface area contributed by atoms with Crippen molar-refractivity contribution in [3.05, 3.63) is 27.5 Å². The van der Waals surface area contributed by atoms with Crippen LogP contribution in [-0.2, 0) is 22.6 Å². The lowest BCUT2D eigenvalue weighted by Gasteiger charge is -2.30. The molecule has 0 aliphatic carbocycles. The molecule has 2 aliphatic heterocycles. The summed E-state index contributed by atoms with van der Waals surface area (Å²) in [5.74, 6) is 0.125. The second kappa shape index (κ2) is 7.35. The first kappa shape index (κ1) is 18.0. The lowest BCUT2D eigenvalue weighted by atomic mass is 10.1. The van der Waals surface area contributed by atoms with E-state index in [9.17, 15) is 4.79 Å². The average molecular weight is 397 g/mol. The summed E-state index contributed by atoms with van der Waals surface area (Å²) in [5, 5.41) is 5.16. The van der Waals surface area contributed by atoms with Gasteiger partial charge in [-0.3, -0.25) is 4.79 Å². The first-order valence-electron chi connectivity index (χ1n) is 8.97. The van der Waals surface area contributed by atoms with Crippen molar-refractivity contribution in [3.63, 3.8) is 0 Å². The van der Waals surface area contributed by atoms with Crippen LogP contribution in [0.5, 0.6) is 0 Å². The number of halogens is 2. The van der Waals surface area contributed by atoms with Gasteiger partial charge in [-0.25, -0.2) is 4.98 Å². The number of carbonyl (C=O) groups is 1. The molecule has 1 saturated heterocycles. The van der Waals surface area contributed by atoms with Crippen LogP contribution in [-0.4, -0.2) is 52.7 Å². The Morgan fingerprint density at radius 1 is 1.42 bits per heavy atom. The molecule has 2 aromatic heterocycles. The minimum absolute atomic E-state index is 0.125. The van der Waals surface area contributed by atoms with Crippen LogP contribution in [0, 0.1) is 6.92 Å². The van der Waals surface area contributed by atoms with Gasteiger partial charge in [0.1, 0.15) is 5.65 Å². The van der Waals surface area contributed by atoms with Gasteiger partial charge in [-0.05, 0) is 25.5 Å². The number of hydrogen-bond donors (Lipinski definition) is 1. The lowest BCUT2D eigenvalue weighted by Crippen LogP contribution is -2.46. The Morgan fingerprint density at radius 3 is 2.96 bits per heavy atom. The van der Waals surface area contributed by atoms with Crippen molar-refractivity contribution in [2.45, 2.75) is 38.9 Å². The van der Waals surface area contributed by atoms with Gasteiger partial charge in [-0.15, -0.1) is 0 Å². The number of ether oxygens (including phenoxy) is 1. The Balaban J connectivity index is 1.43. The van der Waals surface area contributed by atoms with Gasteiger partial charge in [-0.1, -0.05) is 23.2 Å². The van der Waals surface area contributed by atoms with Gasteiger partial charge in [0, 0.05) is 36.4 Å². The monoisotopic (exact) mass is 396 g/mol. The molecular formula is C18H22Cl2N4O2. The summed E-state index contributed by atoms with van der Waals surface area (Å²) in [4.78, 5) is 18.9. The Bertz CT molecular complexity index is 848. The van der Waals surface area contributed by atoms with Crippen LogP contribution < -0.4 is 5.32 Å². The van der Waals surface area contributed by atoms with Crippen LogP contribution in [0.3, 0.4) is 0 Å². The Morgan fingerprint density at radius 2 is 2.23 bits per heavy atom. The highest BCUT2D eigenvalue weighted by molar-refractivity contribution is 6.45. The van der Waals surface area contributed by atoms with Gasteiger partial charge in [-0.2, -0.15) is 0 Å². The fraction of sp³-hybridized carbons (Fsp3) is 0.556. The molecule has 1 fully saturated rings. The summed E-state index contributed by atoms with van der Waals surface area (Å²) in [6.07, 6.45) is 3.16. The van der Waals surface area contributed by atoms with E-state index in [2.05, 4.69) is 14.9 Å². The third-order valence-corrected chi connectivity index (χ3v) is 6.11. The maximum Gasteiger partial charge on any atom is 0.225 e. The highest BCUT2D eigenvalue weighted by Crippen LogP contribution is 2.36. The molecular weight excluding hydrogens is 375 g/mol. The Labute approximate surface area is 162 Å².